The summed E-state index contributed by atoms with van der Waals surface area (Å²) in [6.45, 7) is 0. The molecule has 0 unspecified atom stereocenters. The summed E-state index contributed by atoms with van der Waals surface area (Å²) in [4.78, 5) is 10.2. The van der Waals surface area contributed by atoms with Crippen LogP contribution in [0.2, 0.25) is 0 Å². The number of aliphatic carboxylic acids is 1. The molecule has 0 heterocycles. The molecule has 0 saturated heterocycles. The van der Waals surface area contributed by atoms with Gasteiger partial charge in [0, 0.05) is 6.04 Å². The Morgan fingerprint density at radius 3 is 2.19 bits per heavy atom. The summed E-state index contributed by atoms with van der Waals surface area (Å²) in [5, 5.41) is 8.37. The minimum Gasteiger partial charge on any atom is -0.481 e. The maximum atomic E-state index is 10.2. The Morgan fingerprint density at radius 2 is 1.81 bits per heavy atom. The first kappa shape index (κ1) is 12.7. The van der Waals surface area contributed by atoms with Gasteiger partial charge in [-0.1, -0.05) is 43.2 Å². The minimum atomic E-state index is -0.786. The first-order valence-corrected chi connectivity index (χ1v) is 5.70. The van der Waals surface area contributed by atoms with Crippen molar-refractivity contribution in [1.82, 2.24) is 0 Å². The van der Waals surface area contributed by atoms with Gasteiger partial charge in [0.1, 0.15) is 0 Å². The van der Waals surface area contributed by atoms with Crippen LogP contribution in [0.15, 0.2) is 30.3 Å². The molecule has 0 amide bonds. The first-order chi connectivity index (χ1) is 7.68. The molecule has 0 aromatic heterocycles. The summed E-state index contributed by atoms with van der Waals surface area (Å²) >= 11 is 0. The Hall–Kier alpha value is -1.35. The lowest BCUT2D eigenvalue weighted by atomic mass is 10.2. The van der Waals surface area contributed by atoms with E-state index < -0.39 is 5.97 Å². The topological polar surface area (TPSA) is 63.3 Å². The predicted molar refractivity (Wildman–Crippen MR) is 64.2 cm³/mol. The van der Waals surface area contributed by atoms with Gasteiger partial charge >= 0.3 is 5.97 Å². The molecule has 1 aromatic carbocycles. The van der Waals surface area contributed by atoms with E-state index in [1.54, 1.807) is 12.1 Å². The van der Waals surface area contributed by atoms with Crippen LogP contribution in [-0.2, 0) is 11.2 Å². The molecule has 0 bridgehead atoms. The molecule has 16 heavy (non-hydrogen) atoms. The molecule has 1 aliphatic carbocycles. The molecule has 0 atom stereocenters. The molecule has 1 saturated carbocycles. The minimum absolute atomic E-state index is 0.112. The first-order valence-electron chi connectivity index (χ1n) is 5.70. The van der Waals surface area contributed by atoms with Crippen LogP contribution in [0.4, 0.5) is 0 Å². The fraction of sp³-hybridized carbons (Fsp3) is 0.462. The lowest BCUT2D eigenvalue weighted by Crippen LogP contribution is -2.13. The average Bonchev–Trinajstić information content (AvgIpc) is 2.71. The van der Waals surface area contributed by atoms with Gasteiger partial charge in [-0.15, -0.1) is 0 Å². The van der Waals surface area contributed by atoms with E-state index in [1.807, 2.05) is 18.2 Å². The lowest BCUT2D eigenvalue weighted by molar-refractivity contribution is -0.136. The molecule has 1 aromatic rings. The van der Waals surface area contributed by atoms with Crippen molar-refractivity contribution < 1.29 is 9.90 Å². The Bertz CT molecular complexity index is 305. The smallest absolute Gasteiger partial charge is 0.307 e. The molecule has 1 aliphatic rings. The number of nitrogens with two attached hydrogens (primary N) is 1. The van der Waals surface area contributed by atoms with Gasteiger partial charge in [-0.25, -0.2) is 0 Å². The fourth-order valence-corrected chi connectivity index (χ4v) is 1.73. The monoisotopic (exact) mass is 221 g/mol. The van der Waals surface area contributed by atoms with Crippen LogP contribution in [0.3, 0.4) is 0 Å². The zero-order valence-corrected chi connectivity index (χ0v) is 9.43. The van der Waals surface area contributed by atoms with Crippen molar-refractivity contribution in [3.63, 3.8) is 0 Å². The van der Waals surface area contributed by atoms with Gasteiger partial charge in [0.2, 0.25) is 0 Å². The summed E-state index contributed by atoms with van der Waals surface area (Å²) in [5.41, 5.74) is 6.38. The third kappa shape index (κ3) is 5.51. The third-order valence-electron chi connectivity index (χ3n) is 2.60. The van der Waals surface area contributed by atoms with Crippen LogP contribution in [0, 0.1) is 0 Å². The Balaban J connectivity index is 0.000000181. The van der Waals surface area contributed by atoms with E-state index in [4.69, 9.17) is 10.8 Å². The molecular formula is C13H19NO2. The van der Waals surface area contributed by atoms with Gasteiger partial charge in [-0.05, 0) is 18.4 Å². The van der Waals surface area contributed by atoms with Gasteiger partial charge in [-0.3, -0.25) is 4.79 Å². The van der Waals surface area contributed by atoms with Crippen molar-refractivity contribution in [2.45, 2.75) is 38.1 Å². The Labute approximate surface area is 96.3 Å². The van der Waals surface area contributed by atoms with Crippen molar-refractivity contribution in [1.29, 1.82) is 0 Å². The van der Waals surface area contributed by atoms with E-state index in [9.17, 15) is 4.79 Å². The van der Waals surface area contributed by atoms with Gasteiger partial charge in [0.15, 0.2) is 0 Å². The number of benzene rings is 1. The molecule has 3 heteroatoms. The Kier molecular flexibility index (Phi) is 5.57. The molecule has 3 N–H and O–H groups in total. The van der Waals surface area contributed by atoms with Gasteiger partial charge in [0.05, 0.1) is 6.42 Å². The van der Waals surface area contributed by atoms with Crippen molar-refractivity contribution in [2.24, 2.45) is 5.73 Å². The largest absolute Gasteiger partial charge is 0.481 e. The number of hydrogen-bond acceptors (Lipinski definition) is 2. The van der Waals surface area contributed by atoms with Crippen molar-refractivity contribution in [3.8, 4) is 0 Å². The molecule has 88 valence electrons. The molecular weight excluding hydrogens is 202 g/mol. The van der Waals surface area contributed by atoms with Crippen LogP contribution < -0.4 is 5.73 Å². The molecule has 2 rings (SSSR count). The van der Waals surface area contributed by atoms with Crippen LogP contribution in [-0.4, -0.2) is 17.1 Å². The maximum Gasteiger partial charge on any atom is 0.307 e. The highest BCUT2D eigenvalue weighted by atomic mass is 16.4. The van der Waals surface area contributed by atoms with Crippen LogP contribution in [0.1, 0.15) is 31.2 Å². The second-order valence-electron chi connectivity index (χ2n) is 4.10. The predicted octanol–water partition coefficient (Wildman–Crippen LogP) is 2.20. The molecule has 1 fully saturated rings. The third-order valence-corrected chi connectivity index (χ3v) is 2.60. The van der Waals surface area contributed by atoms with E-state index >= 15 is 0 Å². The highest BCUT2D eigenvalue weighted by Crippen LogP contribution is 2.14. The van der Waals surface area contributed by atoms with E-state index in [1.165, 1.54) is 25.7 Å². The highest BCUT2D eigenvalue weighted by Gasteiger charge is 2.07. The lowest BCUT2D eigenvalue weighted by Gasteiger charge is -1.92. The molecule has 0 radical (unpaired) electrons. The van der Waals surface area contributed by atoms with E-state index in [-0.39, 0.29) is 6.42 Å². The van der Waals surface area contributed by atoms with Gasteiger partial charge < -0.3 is 10.8 Å². The standard InChI is InChI=1S/C8H8O2.C5H11N/c9-8(10)6-7-4-2-1-3-5-7;6-5-3-1-2-4-5/h1-5H,6H2,(H,9,10);5H,1-4,6H2. The fourth-order valence-electron chi connectivity index (χ4n) is 1.73. The summed E-state index contributed by atoms with van der Waals surface area (Å²) in [7, 11) is 0. The number of hydrogen-bond donors (Lipinski definition) is 2. The number of carboxylic acid groups (broad SMARTS) is 1. The zero-order chi connectivity index (χ0) is 11.8. The SMILES string of the molecule is NC1CCCC1.O=C(O)Cc1ccccc1. The van der Waals surface area contributed by atoms with Crippen molar-refractivity contribution >= 4 is 5.97 Å². The summed E-state index contributed by atoms with van der Waals surface area (Å²) in [5.74, 6) is -0.786. The van der Waals surface area contributed by atoms with Gasteiger partial charge in [-0.2, -0.15) is 0 Å². The summed E-state index contributed by atoms with van der Waals surface area (Å²) < 4.78 is 0. The van der Waals surface area contributed by atoms with Crippen LogP contribution >= 0.6 is 0 Å². The zero-order valence-electron chi connectivity index (χ0n) is 9.43. The molecule has 0 spiro atoms. The molecule has 3 nitrogen and oxygen atoms in total. The summed E-state index contributed by atoms with van der Waals surface area (Å²) in [6, 6.07) is 9.68. The maximum absolute atomic E-state index is 10.2. The Morgan fingerprint density at radius 1 is 1.25 bits per heavy atom. The average molecular weight is 221 g/mol. The van der Waals surface area contributed by atoms with Crippen LogP contribution in [0.25, 0.3) is 0 Å². The number of carbonyl (C=O) groups is 1. The normalized spacial score (nSPS) is 15.3. The molecule has 0 aliphatic heterocycles. The van der Waals surface area contributed by atoms with Crippen LogP contribution in [0.5, 0.6) is 0 Å². The van der Waals surface area contributed by atoms with E-state index in [0.717, 1.165) is 5.56 Å². The second kappa shape index (κ2) is 7.01. The van der Waals surface area contributed by atoms with Crippen molar-refractivity contribution in [2.75, 3.05) is 0 Å². The number of carboxylic acids is 1. The quantitative estimate of drug-likeness (QED) is 0.804. The second-order valence-corrected chi connectivity index (χ2v) is 4.10. The summed E-state index contributed by atoms with van der Waals surface area (Å²) in [6.07, 6.45) is 5.36. The van der Waals surface area contributed by atoms with Crippen molar-refractivity contribution in [3.05, 3.63) is 35.9 Å². The highest BCUT2D eigenvalue weighted by molar-refractivity contribution is 5.70. The van der Waals surface area contributed by atoms with Gasteiger partial charge in [0.25, 0.3) is 0 Å². The van der Waals surface area contributed by atoms with E-state index in [0.29, 0.717) is 6.04 Å². The van der Waals surface area contributed by atoms with E-state index in [2.05, 4.69) is 0 Å². The number of rotatable bonds is 2.